The van der Waals surface area contributed by atoms with Gasteiger partial charge in [0.2, 0.25) is 5.91 Å². The highest BCUT2D eigenvalue weighted by Gasteiger charge is 2.21. The number of ether oxygens (including phenoxy) is 1. The number of hydrogen-bond donors (Lipinski definition) is 2. The van der Waals surface area contributed by atoms with Gasteiger partial charge in [0.05, 0.1) is 6.10 Å². The van der Waals surface area contributed by atoms with Crippen molar-refractivity contribution in [1.82, 2.24) is 5.32 Å². The summed E-state index contributed by atoms with van der Waals surface area (Å²) < 4.78 is 5.69. The molecule has 3 N–H and O–H groups in total. The molecule has 2 rings (SSSR count). The summed E-state index contributed by atoms with van der Waals surface area (Å²) in [6.07, 6.45) is 5.52. The normalized spacial score (nSPS) is 23.1. The lowest BCUT2D eigenvalue weighted by molar-refractivity contribution is -0.128. The van der Waals surface area contributed by atoms with E-state index >= 15 is 0 Å². The summed E-state index contributed by atoms with van der Waals surface area (Å²) in [6.45, 7) is 0.644. The molecular formula is C16H24N2O2. The Kier molecular flexibility index (Phi) is 6.02. The lowest BCUT2D eigenvalue weighted by atomic mass is 10.1. The van der Waals surface area contributed by atoms with Crippen LogP contribution in [0, 0.1) is 0 Å². The Morgan fingerprint density at radius 1 is 1.20 bits per heavy atom. The molecule has 0 spiro atoms. The molecule has 0 bridgehead atoms. The van der Waals surface area contributed by atoms with E-state index in [1.807, 2.05) is 30.3 Å². The summed E-state index contributed by atoms with van der Waals surface area (Å²) in [4.78, 5) is 11.8. The minimum Gasteiger partial charge on any atom is -0.367 e. The molecule has 0 aliphatic heterocycles. The quantitative estimate of drug-likeness (QED) is 0.808. The topological polar surface area (TPSA) is 64.3 Å². The number of rotatable bonds is 5. The average molecular weight is 276 g/mol. The Labute approximate surface area is 120 Å². The first-order valence-electron chi connectivity index (χ1n) is 7.43. The van der Waals surface area contributed by atoms with Crippen molar-refractivity contribution in [3.63, 3.8) is 0 Å². The second kappa shape index (κ2) is 8.02. The van der Waals surface area contributed by atoms with Gasteiger partial charge in [-0.25, -0.2) is 0 Å². The Morgan fingerprint density at radius 3 is 2.75 bits per heavy atom. The monoisotopic (exact) mass is 276 g/mol. The van der Waals surface area contributed by atoms with Crippen LogP contribution in [0.3, 0.4) is 0 Å². The van der Waals surface area contributed by atoms with Crippen molar-refractivity contribution in [3.8, 4) is 0 Å². The molecule has 4 heteroatoms. The number of benzene rings is 1. The van der Waals surface area contributed by atoms with Crippen LogP contribution in [0.5, 0.6) is 0 Å². The zero-order valence-electron chi connectivity index (χ0n) is 11.9. The number of hydrogen-bond acceptors (Lipinski definition) is 3. The summed E-state index contributed by atoms with van der Waals surface area (Å²) in [7, 11) is 0. The van der Waals surface area contributed by atoms with E-state index in [9.17, 15) is 4.79 Å². The average Bonchev–Trinajstić information content (AvgIpc) is 2.68. The van der Waals surface area contributed by atoms with E-state index in [2.05, 4.69) is 5.32 Å². The maximum Gasteiger partial charge on any atom is 0.246 e. The van der Waals surface area contributed by atoms with E-state index in [4.69, 9.17) is 10.5 Å². The molecule has 0 radical (unpaired) electrons. The number of carbonyl (C=O) groups is 1. The molecular weight excluding hydrogens is 252 g/mol. The number of carbonyl (C=O) groups excluding carboxylic acids is 1. The predicted molar refractivity (Wildman–Crippen MR) is 79.1 cm³/mol. The van der Waals surface area contributed by atoms with Gasteiger partial charge in [-0.05, 0) is 18.4 Å². The van der Waals surface area contributed by atoms with Crippen LogP contribution in [0.15, 0.2) is 30.3 Å². The molecule has 1 amide bonds. The van der Waals surface area contributed by atoms with Gasteiger partial charge in [0.1, 0.15) is 6.61 Å². The van der Waals surface area contributed by atoms with E-state index in [0.717, 1.165) is 24.8 Å². The third-order valence-corrected chi connectivity index (χ3v) is 3.76. The van der Waals surface area contributed by atoms with Crippen LogP contribution in [-0.4, -0.2) is 24.7 Å². The molecule has 0 saturated heterocycles. The fraction of sp³-hybridized carbons (Fsp3) is 0.562. The number of nitrogens with one attached hydrogen (secondary N) is 1. The minimum absolute atomic E-state index is 0.0278. The van der Waals surface area contributed by atoms with Gasteiger partial charge >= 0.3 is 0 Å². The van der Waals surface area contributed by atoms with Crippen molar-refractivity contribution in [2.45, 2.75) is 50.8 Å². The van der Waals surface area contributed by atoms with Crippen LogP contribution in [0.2, 0.25) is 0 Å². The van der Waals surface area contributed by atoms with Gasteiger partial charge in [0.15, 0.2) is 0 Å². The minimum atomic E-state index is -0.0784. The van der Waals surface area contributed by atoms with E-state index in [1.165, 1.54) is 12.8 Å². The van der Waals surface area contributed by atoms with Crippen molar-refractivity contribution in [2.24, 2.45) is 5.73 Å². The Balaban J connectivity index is 1.69. The summed E-state index contributed by atoms with van der Waals surface area (Å²) in [5.74, 6) is -0.0784. The molecule has 0 heterocycles. The Hall–Kier alpha value is -1.39. The number of nitrogens with two attached hydrogens (primary N) is 1. The molecule has 0 aromatic heterocycles. The van der Waals surface area contributed by atoms with Crippen molar-refractivity contribution in [2.75, 3.05) is 6.61 Å². The fourth-order valence-electron chi connectivity index (χ4n) is 2.54. The van der Waals surface area contributed by atoms with Crippen molar-refractivity contribution in [1.29, 1.82) is 0 Å². The zero-order chi connectivity index (χ0) is 14.2. The van der Waals surface area contributed by atoms with Crippen molar-refractivity contribution >= 4 is 5.91 Å². The molecule has 2 unspecified atom stereocenters. The highest BCUT2D eigenvalue weighted by Crippen LogP contribution is 2.19. The smallest absolute Gasteiger partial charge is 0.246 e. The third-order valence-electron chi connectivity index (χ3n) is 3.76. The second-order valence-electron chi connectivity index (χ2n) is 5.41. The van der Waals surface area contributed by atoms with Crippen LogP contribution in [0.4, 0.5) is 0 Å². The maximum atomic E-state index is 11.8. The maximum absolute atomic E-state index is 11.8. The van der Waals surface area contributed by atoms with Gasteiger partial charge in [-0.3, -0.25) is 4.79 Å². The second-order valence-corrected chi connectivity index (χ2v) is 5.41. The number of amides is 1. The summed E-state index contributed by atoms with van der Waals surface area (Å²) in [6, 6.07) is 9.93. The van der Waals surface area contributed by atoms with Gasteiger partial charge in [0.25, 0.3) is 0 Å². The molecule has 110 valence electrons. The van der Waals surface area contributed by atoms with E-state index < -0.39 is 0 Å². The Morgan fingerprint density at radius 2 is 1.95 bits per heavy atom. The van der Waals surface area contributed by atoms with Gasteiger partial charge in [0, 0.05) is 12.6 Å². The standard InChI is InChI=1S/C16H24N2O2/c17-14-9-5-2-6-10-15(14)20-12-16(19)18-11-13-7-3-1-4-8-13/h1,3-4,7-8,14-15H,2,5-6,9-12,17H2,(H,18,19). The summed E-state index contributed by atoms with van der Waals surface area (Å²) in [5, 5.41) is 2.86. The zero-order valence-corrected chi connectivity index (χ0v) is 11.9. The van der Waals surface area contributed by atoms with Crippen molar-refractivity contribution < 1.29 is 9.53 Å². The van der Waals surface area contributed by atoms with Gasteiger partial charge in [-0.2, -0.15) is 0 Å². The van der Waals surface area contributed by atoms with Crippen LogP contribution in [-0.2, 0) is 16.1 Å². The first-order valence-corrected chi connectivity index (χ1v) is 7.43. The highest BCUT2D eigenvalue weighted by molar-refractivity contribution is 5.77. The van der Waals surface area contributed by atoms with Crippen LogP contribution in [0.25, 0.3) is 0 Å². The molecule has 4 nitrogen and oxygen atoms in total. The fourth-order valence-corrected chi connectivity index (χ4v) is 2.54. The molecule has 1 aromatic rings. The van der Waals surface area contributed by atoms with Crippen LogP contribution in [0.1, 0.15) is 37.7 Å². The molecule has 1 saturated carbocycles. The highest BCUT2D eigenvalue weighted by atomic mass is 16.5. The van der Waals surface area contributed by atoms with Gasteiger partial charge < -0.3 is 15.8 Å². The summed E-state index contributed by atoms with van der Waals surface area (Å²) >= 11 is 0. The lowest BCUT2D eigenvalue weighted by Gasteiger charge is -2.21. The molecule has 1 aliphatic rings. The van der Waals surface area contributed by atoms with Crippen LogP contribution < -0.4 is 11.1 Å². The predicted octanol–water partition coefficient (Wildman–Crippen LogP) is 1.98. The Bertz CT molecular complexity index is 408. The van der Waals surface area contributed by atoms with Gasteiger partial charge in [-0.1, -0.05) is 49.6 Å². The summed E-state index contributed by atoms with van der Waals surface area (Å²) in [5.41, 5.74) is 7.16. The molecule has 1 fully saturated rings. The van der Waals surface area contributed by atoms with Gasteiger partial charge in [-0.15, -0.1) is 0 Å². The molecule has 1 aliphatic carbocycles. The SMILES string of the molecule is NC1CCCCCC1OCC(=O)NCc1ccccc1. The van der Waals surface area contributed by atoms with Crippen molar-refractivity contribution in [3.05, 3.63) is 35.9 Å². The van der Waals surface area contributed by atoms with Crippen LogP contribution >= 0.6 is 0 Å². The first-order chi connectivity index (χ1) is 9.75. The molecule has 1 aromatic carbocycles. The van der Waals surface area contributed by atoms with E-state index in [-0.39, 0.29) is 24.7 Å². The molecule has 20 heavy (non-hydrogen) atoms. The third kappa shape index (κ3) is 4.94. The largest absolute Gasteiger partial charge is 0.367 e. The lowest BCUT2D eigenvalue weighted by Crippen LogP contribution is -2.38. The van der Waals surface area contributed by atoms with E-state index in [0.29, 0.717) is 6.54 Å². The van der Waals surface area contributed by atoms with E-state index in [1.54, 1.807) is 0 Å². The molecule has 2 atom stereocenters. The first kappa shape index (κ1) is 15.0.